The summed E-state index contributed by atoms with van der Waals surface area (Å²) >= 11 is 0. The van der Waals surface area contributed by atoms with E-state index in [1.165, 1.54) is 0 Å². The Bertz CT molecular complexity index is 405. The number of hydrogen-bond donors (Lipinski definition) is 0. The van der Waals surface area contributed by atoms with Crippen LogP contribution in [0.15, 0.2) is 30.3 Å². The third-order valence-electron chi connectivity index (χ3n) is 2.67. The zero-order valence-corrected chi connectivity index (χ0v) is 9.24. The van der Waals surface area contributed by atoms with Crippen LogP contribution < -0.4 is 4.18 Å². The van der Waals surface area contributed by atoms with Crippen LogP contribution >= 0.6 is 0 Å². The Balaban J connectivity index is 2.11. The molecule has 82 valence electrons. The SMILES string of the molecule is O=S(=O)(Oc1ccccc1)C1CCCC1. The van der Waals surface area contributed by atoms with E-state index < -0.39 is 10.1 Å². The minimum atomic E-state index is -3.41. The molecular formula is C11H14O3S. The van der Waals surface area contributed by atoms with Crippen LogP contribution in [0.4, 0.5) is 0 Å². The second-order valence-corrected chi connectivity index (χ2v) is 5.61. The third kappa shape index (κ3) is 2.50. The van der Waals surface area contributed by atoms with Gasteiger partial charge in [-0.05, 0) is 25.0 Å². The number of para-hydroxylation sites is 1. The van der Waals surface area contributed by atoms with Gasteiger partial charge in [-0.3, -0.25) is 0 Å². The first kappa shape index (κ1) is 10.5. The molecular weight excluding hydrogens is 212 g/mol. The molecule has 0 aromatic heterocycles. The maximum Gasteiger partial charge on any atom is 0.312 e. The van der Waals surface area contributed by atoms with Gasteiger partial charge >= 0.3 is 10.1 Å². The maximum atomic E-state index is 11.8. The summed E-state index contributed by atoms with van der Waals surface area (Å²) in [6.45, 7) is 0. The molecule has 2 rings (SSSR count). The van der Waals surface area contributed by atoms with E-state index in [9.17, 15) is 8.42 Å². The Hall–Kier alpha value is -1.03. The van der Waals surface area contributed by atoms with Crippen LogP contribution in [0.1, 0.15) is 25.7 Å². The molecule has 0 saturated heterocycles. The quantitative estimate of drug-likeness (QED) is 0.743. The van der Waals surface area contributed by atoms with Crippen molar-refractivity contribution < 1.29 is 12.6 Å². The van der Waals surface area contributed by atoms with Crippen LogP contribution in [-0.2, 0) is 10.1 Å². The number of hydrogen-bond acceptors (Lipinski definition) is 3. The lowest BCUT2D eigenvalue weighted by Crippen LogP contribution is -2.23. The van der Waals surface area contributed by atoms with Crippen molar-refractivity contribution in [2.24, 2.45) is 0 Å². The molecule has 0 heterocycles. The van der Waals surface area contributed by atoms with Gasteiger partial charge in [0.1, 0.15) is 5.75 Å². The van der Waals surface area contributed by atoms with Gasteiger partial charge in [-0.1, -0.05) is 31.0 Å². The first-order valence-corrected chi connectivity index (χ1v) is 6.64. The molecule has 0 spiro atoms. The molecule has 1 aromatic rings. The second-order valence-electron chi connectivity index (χ2n) is 3.80. The summed E-state index contributed by atoms with van der Waals surface area (Å²) in [6.07, 6.45) is 3.44. The van der Waals surface area contributed by atoms with E-state index >= 15 is 0 Å². The molecule has 0 aliphatic heterocycles. The van der Waals surface area contributed by atoms with Gasteiger partial charge in [0, 0.05) is 0 Å². The molecule has 0 radical (unpaired) electrons. The fourth-order valence-electron chi connectivity index (χ4n) is 1.86. The standard InChI is InChI=1S/C11H14O3S/c12-15(13,11-8-4-5-9-11)14-10-6-2-1-3-7-10/h1-3,6-7,11H,4-5,8-9H2. The van der Waals surface area contributed by atoms with Crippen LogP contribution in [0.25, 0.3) is 0 Å². The molecule has 15 heavy (non-hydrogen) atoms. The predicted molar refractivity (Wildman–Crippen MR) is 58.2 cm³/mol. The fraction of sp³-hybridized carbons (Fsp3) is 0.455. The van der Waals surface area contributed by atoms with Gasteiger partial charge in [0.15, 0.2) is 0 Å². The van der Waals surface area contributed by atoms with Crippen LogP contribution in [0.3, 0.4) is 0 Å². The highest BCUT2D eigenvalue weighted by molar-refractivity contribution is 7.87. The average molecular weight is 226 g/mol. The van der Waals surface area contributed by atoms with E-state index in [1.54, 1.807) is 24.3 Å². The molecule has 0 amide bonds. The summed E-state index contributed by atoms with van der Waals surface area (Å²) in [4.78, 5) is 0. The molecule has 3 nitrogen and oxygen atoms in total. The molecule has 4 heteroatoms. The van der Waals surface area contributed by atoms with E-state index in [-0.39, 0.29) is 5.25 Å². The van der Waals surface area contributed by atoms with E-state index in [0.29, 0.717) is 5.75 Å². The molecule has 1 aliphatic rings. The lowest BCUT2D eigenvalue weighted by atomic mass is 10.3. The van der Waals surface area contributed by atoms with Crippen LogP contribution in [0.2, 0.25) is 0 Å². The van der Waals surface area contributed by atoms with Gasteiger partial charge < -0.3 is 4.18 Å². The number of benzene rings is 1. The molecule has 0 atom stereocenters. The summed E-state index contributed by atoms with van der Waals surface area (Å²) in [6, 6.07) is 8.67. The van der Waals surface area contributed by atoms with Gasteiger partial charge in [-0.15, -0.1) is 0 Å². The van der Waals surface area contributed by atoms with Crippen molar-refractivity contribution in [1.82, 2.24) is 0 Å². The van der Waals surface area contributed by atoms with Crippen LogP contribution in [0, 0.1) is 0 Å². The van der Waals surface area contributed by atoms with E-state index in [2.05, 4.69) is 0 Å². The summed E-state index contributed by atoms with van der Waals surface area (Å²) in [7, 11) is -3.41. The fourth-order valence-corrected chi connectivity index (χ4v) is 3.28. The minimum absolute atomic E-state index is 0.308. The van der Waals surface area contributed by atoms with Gasteiger partial charge in [0.25, 0.3) is 0 Å². The van der Waals surface area contributed by atoms with Crippen LogP contribution in [0.5, 0.6) is 5.75 Å². The molecule has 1 aliphatic carbocycles. The normalized spacial score (nSPS) is 17.9. The van der Waals surface area contributed by atoms with Crippen LogP contribution in [-0.4, -0.2) is 13.7 Å². The predicted octanol–water partition coefficient (Wildman–Crippen LogP) is 2.34. The summed E-state index contributed by atoms with van der Waals surface area (Å²) in [5.74, 6) is 0.407. The van der Waals surface area contributed by atoms with Crippen molar-refractivity contribution in [2.75, 3.05) is 0 Å². The highest BCUT2D eigenvalue weighted by atomic mass is 32.2. The monoisotopic (exact) mass is 226 g/mol. The smallest absolute Gasteiger partial charge is 0.312 e. The van der Waals surface area contributed by atoms with Crippen molar-refractivity contribution in [3.05, 3.63) is 30.3 Å². The lowest BCUT2D eigenvalue weighted by Gasteiger charge is -2.11. The van der Waals surface area contributed by atoms with E-state index in [0.717, 1.165) is 25.7 Å². The Kier molecular flexibility index (Phi) is 2.95. The Morgan fingerprint density at radius 3 is 2.27 bits per heavy atom. The van der Waals surface area contributed by atoms with E-state index in [4.69, 9.17) is 4.18 Å². The molecule has 1 saturated carbocycles. The number of rotatable bonds is 3. The van der Waals surface area contributed by atoms with Gasteiger partial charge in [0.05, 0.1) is 5.25 Å². The Morgan fingerprint density at radius 1 is 1.07 bits per heavy atom. The van der Waals surface area contributed by atoms with Crippen molar-refractivity contribution in [2.45, 2.75) is 30.9 Å². The summed E-state index contributed by atoms with van der Waals surface area (Å²) in [5.41, 5.74) is 0. The molecule has 0 unspecified atom stereocenters. The first-order chi connectivity index (χ1) is 7.18. The molecule has 1 aromatic carbocycles. The Labute approximate surface area is 90.2 Å². The summed E-state index contributed by atoms with van der Waals surface area (Å²) in [5, 5.41) is -0.308. The van der Waals surface area contributed by atoms with Crippen molar-refractivity contribution in [3.8, 4) is 5.75 Å². The molecule has 0 bridgehead atoms. The van der Waals surface area contributed by atoms with Crippen molar-refractivity contribution in [3.63, 3.8) is 0 Å². The first-order valence-electron chi connectivity index (χ1n) is 5.17. The second kappa shape index (κ2) is 4.23. The largest absolute Gasteiger partial charge is 0.382 e. The minimum Gasteiger partial charge on any atom is -0.382 e. The molecule has 1 fully saturated rings. The zero-order chi connectivity index (χ0) is 10.7. The topological polar surface area (TPSA) is 43.4 Å². The maximum absolute atomic E-state index is 11.8. The van der Waals surface area contributed by atoms with Crippen molar-refractivity contribution >= 4 is 10.1 Å². The highest BCUT2D eigenvalue weighted by Crippen LogP contribution is 2.26. The zero-order valence-electron chi connectivity index (χ0n) is 8.43. The molecule has 0 N–H and O–H groups in total. The highest BCUT2D eigenvalue weighted by Gasteiger charge is 2.30. The summed E-state index contributed by atoms with van der Waals surface area (Å²) < 4.78 is 28.6. The van der Waals surface area contributed by atoms with Gasteiger partial charge in [-0.2, -0.15) is 8.42 Å². The third-order valence-corrected chi connectivity index (χ3v) is 4.38. The van der Waals surface area contributed by atoms with Gasteiger partial charge in [-0.25, -0.2) is 0 Å². The lowest BCUT2D eigenvalue weighted by molar-refractivity contribution is 0.471. The Morgan fingerprint density at radius 2 is 1.67 bits per heavy atom. The van der Waals surface area contributed by atoms with Crippen molar-refractivity contribution in [1.29, 1.82) is 0 Å². The van der Waals surface area contributed by atoms with E-state index in [1.807, 2.05) is 6.07 Å². The van der Waals surface area contributed by atoms with Gasteiger partial charge in [0.2, 0.25) is 0 Å². The average Bonchev–Trinajstić information content (AvgIpc) is 2.71.